The van der Waals surface area contributed by atoms with Crippen LogP contribution in [0, 0.1) is 25.7 Å². The molecular formula is C19H30N2O3. The number of amides is 1. The van der Waals surface area contributed by atoms with Gasteiger partial charge in [0.05, 0.1) is 11.7 Å². The molecule has 24 heavy (non-hydrogen) atoms. The molecular weight excluding hydrogens is 304 g/mol. The molecule has 3 atom stereocenters. The topological polar surface area (TPSA) is 71.2 Å². The molecule has 0 spiro atoms. The highest BCUT2D eigenvalue weighted by Gasteiger charge is 2.29. The first kappa shape index (κ1) is 18.6. The van der Waals surface area contributed by atoms with Gasteiger partial charge < -0.3 is 15.0 Å². The Hall–Kier alpha value is -1.78. The van der Waals surface area contributed by atoms with E-state index >= 15 is 0 Å². The maximum Gasteiger partial charge on any atom is 0.340 e. The summed E-state index contributed by atoms with van der Waals surface area (Å²) in [5.41, 5.74) is 2.27. The summed E-state index contributed by atoms with van der Waals surface area (Å²) in [4.78, 5) is 28.0. The molecule has 0 saturated heterocycles. The van der Waals surface area contributed by atoms with Crippen LogP contribution in [0.15, 0.2) is 0 Å². The van der Waals surface area contributed by atoms with E-state index in [-0.39, 0.29) is 24.0 Å². The van der Waals surface area contributed by atoms with Crippen LogP contribution in [0.3, 0.4) is 0 Å². The van der Waals surface area contributed by atoms with Crippen LogP contribution in [-0.2, 0) is 4.74 Å². The molecule has 1 aromatic heterocycles. The number of hydrogen-bond donors (Lipinski definition) is 2. The molecule has 0 radical (unpaired) electrons. The van der Waals surface area contributed by atoms with E-state index in [1.807, 2.05) is 13.8 Å². The Bertz CT molecular complexity index is 618. The van der Waals surface area contributed by atoms with Gasteiger partial charge in [-0.05, 0) is 64.4 Å². The third kappa shape index (κ3) is 4.00. The summed E-state index contributed by atoms with van der Waals surface area (Å²) in [5.74, 6) is 0.681. The lowest BCUT2D eigenvalue weighted by molar-refractivity contribution is 0.0376. The van der Waals surface area contributed by atoms with Gasteiger partial charge in [0.1, 0.15) is 5.69 Å². The Kier molecular flexibility index (Phi) is 5.73. The Morgan fingerprint density at radius 2 is 1.88 bits per heavy atom. The molecule has 1 heterocycles. The van der Waals surface area contributed by atoms with Crippen molar-refractivity contribution in [1.82, 2.24) is 10.3 Å². The first-order valence-corrected chi connectivity index (χ1v) is 8.91. The van der Waals surface area contributed by atoms with Crippen LogP contribution >= 0.6 is 0 Å². The standard InChI is InChI=1S/C19H30N2O3/c1-10(2)24-19(23)16-13(5)17(20-14(16)6)18(22)21-15-8-7-11(3)9-12(15)4/h10-12,15,20H,7-9H2,1-6H3,(H,21,22)/t11-,12+,15+/m0/s1. The van der Waals surface area contributed by atoms with Gasteiger partial charge in [0, 0.05) is 11.7 Å². The van der Waals surface area contributed by atoms with Gasteiger partial charge in [-0.1, -0.05) is 13.8 Å². The number of nitrogens with one attached hydrogen (secondary N) is 2. The van der Waals surface area contributed by atoms with Crippen molar-refractivity contribution >= 4 is 11.9 Å². The van der Waals surface area contributed by atoms with Crippen LogP contribution in [0.25, 0.3) is 0 Å². The summed E-state index contributed by atoms with van der Waals surface area (Å²) in [6.45, 7) is 11.7. The van der Waals surface area contributed by atoms with Gasteiger partial charge in [-0.2, -0.15) is 0 Å². The average molecular weight is 334 g/mol. The molecule has 1 amide bonds. The molecule has 134 valence electrons. The maximum absolute atomic E-state index is 12.7. The molecule has 0 aromatic carbocycles. The zero-order valence-corrected chi connectivity index (χ0v) is 15.7. The van der Waals surface area contributed by atoms with Crippen molar-refractivity contribution in [3.8, 4) is 0 Å². The van der Waals surface area contributed by atoms with Gasteiger partial charge >= 0.3 is 5.97 Å². The number of H-pyrrole nitrogens is 1. The van der Waals surface area contributed by atoms with Gasteiger partial charge in [0.25, 0.3) is 5.91 Å². The lowest BCUT2D eigenvalue weighted by Crippen LogP contribution is -2.42. The fourth-order valence-corrected chi connectivity index (χ4v) is 3.68. The van der Waals surface area contributed by atoms with Crippen LogP contribution in [0.5, 0.6) is 0 Å². The van der Waals surface area contributed by atoms with E-state index in [2.05, 4.69) is 24.1 Å². The monoisotopic (exact) mass is 334 g/mol. The van der Waals surface area contributed by atoms with Crippen LogP contribution in [-0.4, -0.2) is 29.0 Å². The first-order chi connectivity index (χ1) is 11.2. The molecule has 1 fully saturated rings. The summed E-state index contributed by atoms with van der Waals surface area (Å²) in [6, 6.07) is 0.197. The van der Waals surface area contributed by atoms with Gasteiger partial charge in [-0.3, -0.25) is 4.79 Å². The van der Waals surface area contributed by atoms with Crippen LogP contribution in [0.1, 0.15) is 79.1 Å². The summed E-state index contributed by atoms with van der Waals surface area (Å²) < 4.78 is 5.28. The molecule has 0 bridgehead atoms. The van der Waals surface area contributed by atoms with Crippen molar-refractivity contribution in [1.29, 1.82) is 0 Å². The summed E-state index contributed by atoms with van der Waals surface area (Å²) >= 11 is 0. The number of aromatic amines is 1. The van der Waals surface area contributed by atoms with Gasteiger partial charge in [0.2, 0.25) is 0 Å². The van der Waals surface area contributed by atoms with E-state index in [1.165, 1.54) is 0 Å². The molecule has 1 aromatic rings. The molecule has 1 aliphatic rings. The Labute approximate surface area is 144 Å². The normalized spacial score (nSPS) is 24.0. The second-order valence-electron chi connectivity index (χ2n) is 7.55. The number of rotatable bonds is 4. The third-order valence-electron chi connectivity index (χ3n) is 4.96. The predicted octanol–water partition coefficient (Wildman–Crippen LogP) is 3.75. The van der Waals surface area contributed by atoms with Gasteiger partial charge in [-0.15, -0.1) is 0 Å². The summed E-state index contributed by atoms with van der Waals surface area (Å²) in [6.07, 6.45) is 3.10. The van der Waals surface area contributed by atoms with E-state index in [9.17, 15) is 9.59 Å². The molecule has 5 heteroatoms. The molecule has 1 aliphatic carbocycles. The number of hydrogen-bond acceptors (Lipinski definition) is 3. The number of carbonyl (C=O) groups excluding carboxylic acids is 2. The zero-order valence-electron chi connectivity index (χ0n) is 15.7. The summed E-state index contributed by atoms with van der Waals surface area (Å²) in [5, 5.41) is 3.14. The molecule has 2 rings (SSSR count). The zero-order chi connectivity index (χ0) is 18.0. The van der Waals surface area contributed by atoms with Gasteiger partial charge in [0.15, 0.2) is 0 Å². The van der Waals surface area contributed by atoms with Crippen LogP contribution in [0.4, 0.5) is 0 Å². The van der Waals surface area contributed by atoms with E-state index in [0.29, 0.717) is 28.4 Å². The van der Waals surface area contributed by atoms with Crippen LogP contribution < -0.4 is 5.32 Å². The van der Waals surface area contributed by atoms with E-state index in [4.69, 9.17) is 4.74 Å². The SMILES string of the molecule is Cc1[nH]c(C(=O)N[C@@H]2CC[C@H](C)C[C@H]2C)c(C)c1C(=O)OC(C)C. The number of esters is 1. The fraction of sp³-hybridized carbons (Fsp3) is 0.684. The molecule has 0 unspecified atom stereocenters. The van der Waals surface area contributed by atoms with E-state index in [1.54, 1.807) is 13.8 Å². The molecule has 0 aliphatic heterocycles. The van der Waals surface area contributed by atoms with Crippen molar-refractivity contribution in [3.63, 3.8) is 0 Å². The number of ether oxygens (including phenoxy) is 1. The molecule has 1 saturated carbocycles. The van der Waals surface area contributed by atoms with Gasteiger partial charge in [-0.25, -0.2) is 4.79 Å². The maximum atomic E-state index is 12.7. The first-order valence-electron chi connectivity index (χ1n) is 8.91. The molecule has 5 nitrogen and oxygen atoms in total. The van der Waals surface area contributed by atoms with Crippen molar-refractivity contribution < 1.29 is 14.3 Å². The third-order valence-corrected chi connectivity index (χ3v) is 4.96. The lowest BCUT2D eigenvalue weighted by Gasteiger charge is -2.33. The second kappa shape index (κ2) is 7.41. The fourth-order valence-electron chi connectivity index (χ4n) is 3.68. The van der Waals surface area contributed by atoms with Crippen LogP contribution in [0.2, 0.25) is 0 Å². The summed E-state index contributed by atoms with van der Waals surface area (Å²) in [7, 11) is 0. The average Bonchev–Trinajstić information content (AvgIpc) is 2.76. The van der Waals surface area contributed by atoms with E-state index < -0.39 is 0 Å². The highest BCUT2D eigenvalue weighted by atomic mass is 16.5. The largest absolute Gasteiger partial charge is 0.459 e. The van der Waals surface area contributed by atoms with Crippen molar-refractivity contribution in [2.75, 3.05) is 0 Å². The number of aromatic nitrogens is 1. The minimum Gasteiger partial charge on any atom is -0.459 e. The highest BCUT2D eigenvalue weighted by molar-refractivity contribution is 6.00. The Morgan fingerprint density at radius 3 is 2.46 bits per heavy atom. The Morgan fingerprint density at radius 1 is 1.21 bits per heavy atom. The minimum atomic E-state index is -0.379. The van der Waals surface area contributed by atoms with Crippen molar-refractivity contribution in [3.05, 3.63) is 22.5 Å². The predicted molar refractivity (Wildman–Crippen MR) is 94.3 cm³/mol. The minimum absolute atomic E-state index is 0.134. The second-order valence-corrected chi connectivity index (χ2v) is 7.55. The Balaban J connectivity index is 2.14. The van der Waals surface area contributed by atoms with Crippen molar-refractivity contribution in [2.45, 2.75) is 73.0 Å². The van der Waals surface area contributed by atoms with Crippen molar-refractivity contribution in [2.24, 2.45) is 11.8 Å². The lowest BCUT2D eigenvalue weighted by atomic mass is 9.80. The number of aryl methyl sites for hydroxylation is 1. The number of carbonyl (C=O) groups is 2. The highest BCUT2D eigenvalue weighted by Crippen LogP contribution is 2.29. The quantitative estimate of drug-likeness (QED) is 0.824. The smallest absolute Gasteiger partial charge is 0.340 e. The molecule has 2 N–H and O–H groups in total. The van der Waals surface area contributed by atoms with E-state index in [0.717, 1.165) is 25.2 Å².